The normalized spacial score (nSPS) is 32.2. The van der Waals surface area contributed by atoms with Gasteiger partial charge in [-0.2, -0.15) is 0 Å². The van der Waals surface area contributed by atoms with E-state index in [4.69, 9.17) is 0 Å². The highest BCUT2D eigenvalue weighted by Crippen LogP contribution is 2.55. The molecule has 1 aromatic rings. The Bertz CT molecular complexity index is 859. The van der Waals surface area contributed by atoms with Crippen molar-refractivity contribution < 1.29 is 14.4 Å². The van der Waals surface area contributed by atoms with Gasteiger partial charge in [-0.25, -0.2) is 4.79 Å². The average molecular weight is 453 g/mol. The number of amides is 4. The third kappa shape index (κ3) is 4.93. The van der Waals surface area contributed by atoms with Crippen molar-refractivity contribution in [1.82, 2.24) is 15.5 Å². The zero-order valence-corrected chi connectivity index (χ0v) is 19.5. The van der Waals surface area contributed by atoms with Crippen molar-refractivity contribution in [3.05, 3.63) is 30.3 Å². The summed E-state index contributed by atoms with van der Waals surface area (Å²) >= 11 is 0. The fourth-order valence-electron chi connectivity index (χ4n) is 7.23. The zero-order valence-electron chi connectivity index (χ0n) is 19.5. The van der Waals surface area contributed by atoms with Gasteiger partial charge in [0.2, 0.25) is 11.8 Å². The zero-order chi connectivity index (χ0) is 23.0. The number of para-hydroxylation sites is 1. The standard InChI is InChI=1S/C26H36N4O3/c1-17(30-9-7-21(8-10-30)24(32)27-22-5-3-2-4-6-22)23(31)28-25(33)29-26-14-18-11-19(15-26)13-20(12-18)16-26/h2-6,17-21H,7-16H2,1H3,(H,27,32)(H2,28,29,31,33)/t17-,18?,19?,20?,26?/m1/s1. The van der Waals surface area contributed by atoms with Crippen LogP contribution in [0.2, 0.25) is 0 Å². The third-order valence-corrected chi connectivity index (χ3v) is 8.52. The Morgan fingerprint density at radius 1 is 0.939 bits per heavy atom. The quantitative estimate of drug-likeness (QED) is 0.638. The highest BCUT2D eigenvalue weighted by atomic mass is 16.2. The van der Waals surface area contributed by atoms with E-state index in [1.54, 1.807) is 0 Å². The van der Waals surface area contributed by atoms with Gasteiger partial charge in [-0.05, 0) is 101 Å². The minimum absolute atomic E-state index is 0.0351. The van der Waals surface area contributed by atoms with Gasteiger partial charge in [-0.3, -0.25) is 19.8 Å². The van der Waals surface area contributed by atoms with Crippen molar-refractivity contribution in [1.29, 1.82) is 0 Å². The Balaban J connectivity index is 1.08. The lowest BCUT2D eigenvalue weighted by Gasteiger charge is -2.56. The van der Waals surface area contributed by atoms with Crippen LogP contribution in [0.15, 0.2) is 30.3 Å². The topological polar surface area (TPSA) is 90.5 Å². The second-order valence-electron chi connectivity index (χ2n) is 11.0. The lowest BCUT2D eigenvalue weighted by molar-refractivity contribution is -0.126. The number of urea groups is 1. The smallest absolute Gasteiger partial charge is 0.321 e. The number of imide groups is 1. The summed E-state index contributed by atoms with van der Waals surface area (Å²) in [5.74, 6) is 1.94. The van der Waals surface area contributed by atoms with Gasteiger partial charge in [0.15, 0.2) is 0 Å². The van der Waals surface area contributed by atoms with Crippen LogP contribution in [0.4, 0.5) is 10.5 Å². The van der Waals surface area contributed by atoms with E-state index in [0.717, 1.165) is 42.7 Å². The molecule has 4 aliphatic carbocycles. The van der Waals surface area contributed by atoms with Crippen LogP contribution in [-0.2, 0) is 9.59 Å². The van der Waals surface area contributed by atoms with Crippen LogP contribution < -0.4 is 16.0 Å². The molecule has 1 saturated heterocycles. The highest BCUT2D eigenvalue weighted by Gasteiger charge is 2.51. The Kier molecular flexibility index (Phi) is 6.16. The molecule has 0 unspecified atom stereocenters. The number of nitrogens with one attached hydrogen (secondary N) is 3. The minimum atomic E-state index is -0.398. The number of carbonyl (C=O) groups excluding carboxylic acids is 3. The highest BCUT2D eigenvalue weighted by molar-refractivity contribution is 5.97. The Hall–Kier alpha value is -2.41. The number of rotatable bonds is 5. The van der Waals surface area contributed by atoms with Crippen molar-refractivity contribution >= 4 is 23.5 Å². The van der Waals surface area contributed by atoms with E-state index in [0.29, 0.717) is 25.9 Å². The largest absolute Gasteiger partial charge is 0.332 e. The molecule has 0 radical (unpaired) electrons. The van der Waals surface area contributed by atoms with E-state index >= 15 is 0 Å². The van der Waals surface area contributed by atoms with Crippen molar-refractivity contribution in [3.63, 3.8) is 0 Å². The summed E-state index contributed by atoms with van der Waals surface area (Å²) in [7, 11) is 0. The van der Waals surface area contributed by atoms with Gasteiger partial charge in [-0.1, -0.05) is 18.2 Å². The predicted molar refractivity (Wildman–Crippen MR) is 126 cm³/mol. The molecule has 0 aromatic heterocycles. The molecule has 1 heterocycles. The van der Waals surface area contributed by atoms with E-state index in [1.807, 2.05) is 37.3 Å². The molecule has 5 aliphatic rings. The van der Waals surface area contributed by atoms with Gasteiger partial charge < -0.3 is 10.6 Å². The molecule has 0 spiro atoms. The molecule has 4 amide bonds. The van der Waals surface area contributed by atoms with Crippen molar-refractivity contribution in [2.45, 2.75) is 69.9 Å². The first-order valence-corrected chi connectivity index (χ1v) is 12.6. The number of hydrogen-bond donors (Lipinski definition) is 3. The van der Waals surface area contributed by atoms with Crippen LogP contribution >= 0.6 is 0 Å². The van der Waals surface area contributed by atoms with Gasteiger partial charge >= 0.3 is 6.03 Å². The van der Waals surface area contributed by atoms with Gasteiger partial charge in [0.1, 0.15) is 0 Å². The van der Waals surface area contributed by atoms with Crippen molar-refractivity contribution in [2.24, 2.45) is 23.7 Å². The fourth-order valence-corrected chi connectivity index (χ4v) is 7.23. The van der Waals surface area contributed by atoms with E-state index in [9.17, 15) is 14.4 Å². The van der Waals surface area contributed by atoms with Crippen LogP contribution in [0.3, 0.4) is 0 Å². The predicted octanol–water partition coefficient (Wildman–Crippen LogP) is 3.52. The van der Waals surface area contributed by atoms with E-state index in [2.05, 4.69) is 20.9 Å². The molecule has 3 N–H and O–H groups in total. The third-order valence-electron chi connectivity index (χ3n) is 8.52. The lowest BCUT2D eigenvalue weighted by Crippen LogP contribution is -2.62. The van der Waals surface area contributed by atoms with Gasteiger partial charge in [-0.15, -0.1) is 0 Å². The Labute approximate surface area is 196 Å². The number of likely N-dealkylation sites (tertiary alicyclic amines) is 1. The number of benzene rings is 1. The number of anilines is 1. The number of carbonyl (C=O) groups is 3. The molecule has 6 rings (SSSR count). The van der Waals surface area contributed by atoms with Crippen molar-refractivity contribution in [2.75, 3.05) is 18.4 Å². The maximum atomic E-state index is 12.8. The summed E-state index contributed by atoms with van der Waals surface area (Å²) < 4.78 is 0. The Morgan fingerprint density at radius 3 is 2.09 bits per heavy atom. The summed E-state index contributed by atoms with van der Waals surface area (Å²) in [6.45, 7) is 3.17. The van der Waals surface area contributed by atoms with E-state index in [-0.39, 0.29) is 29.3 Å². The average Bonchev–Trinajstić information content (AvgIpc) is 2.78. The molecule has 4 bridgehead atoms. The molecule has 5 fully saturated rings. The molecule has 1 aliphatic heterocycles. The van der Waals surface area contributed by atoms with Crippen LogP contribution in [0, 0.1) is 23.7 Å². The fraction of sp³-hybridized carbons (Fsp3) is 0.654. The van der Waals surface area contributed by atoms with E-state index in [1.165, 1.54) is 19.3 Å². The molecular formula is C26H36N4O3. The number of hydrogen-bond acceptors (Lipinski definition) is 4. The second-order valence-corrected chi connectivity index (χ2v) is 11.0. The molecule has 178 valence electrons. The summed E-state index contributed by atoms with van der Waals surface area (Å²) in [6.07, 6.45) is 8.55. The summed E-state index contributed by atoms with van der Waals surface area (Å²) in [4.78, 5) is 40.2. The number of nitrogens with zero attached hydrogens (tertiary/aromatic N) is 1. The monoisotopic (exact) mass is 452 g/mol. The minimum Gasteiger partial charge on any atom is -0.332 e. The summed E-state index contributed by atoms with van der Waals surface area (Å²) in [5, 5.41) is 8.80. The molecular weight excluding hydrogens is 416 g/mol. The molecule has 1 aromatic carbocycles. The second kappa shape index (κ2) is 9.09. The lowest BCUT2D eigenvalue weighted by atomic mass is 9.53. The first-order chi connectivity index (χ1) is 15.9. The molecule has 4 saturated carbocycles. The summed E-state index contributed by atoms with van der Waals surface area (Å²) in [6, 6.07) is 8.75. The first-order valence-electron chi connectivity index (χ1n) is 12.6. The maximum absolute atomic E-state index is 12.8. The van der Waals surface area contributed by atoms with Gasteiger partial charge in [0, 0.05) is 17.1 Å². The van der Waals surface area contributed by atoms with Crippen LogP contribution in [-0.4, -0.2) is 47.4 Å². The van der Waals surface area contributed by atoms with Gasteiger partial charge in [0.05, 0.1) is 6.04 Å². The number of piperidine rings is 1. The molecule has 7 nitrogen and oxygen atoms in total. The van der Waals surface area contributed by atoms with Crippen molar-refractivity contribution in [3.8, 4) is 0 Å². The van der Waals surface area contributed by atoms with Crippen LogP contribution in [0.25, 0.3) is 0 Å². The summed E-state index contributed by atoms with van der Waals surface area (Å²) in [5.41, 5.74) is 0.704. The molecule has 7 heteroatoms. The molecule has 33 heavy (non-hydrogen) atoms. The maximum Gasteiger partial charge on any atom is 0.321 e. The van der Waals surface area contributed by atoms with Crippen LogP contribution in [0.1, 0.15) is 58.3 Å². The van der Waals surface area contributed by atoms with Gasteiger partial charge in [0.25, 0.3) is 0 Å². The SMILES string of the molecule is C[C@H](C(=O)NC(=O)NC12CC3CC(CC(C3)C1)C2)N1CCC(C(=O)Nc2ccccc2)CC1. The van der Waals surface area contributed by atoms with E-state index < -0.39 is 6.04 Å². The van der Waals surface area contributed by atoms with Crippen LogP contribution in [0.5, 0.6) is 0 Å². The molecule has 1 atom stereocenters. The first kappa shape index (κ1) is 22.4. The Morgan fingerprint density at radius 2 is 1.52 bits per heavy atom.